The Hall–Kier alpha value is -1.68. The lowest BCUT2D eigenvalue weighted by atomic mass is 10.0. The van der Waals surface area contributed by atoms with Crippen LogP contribution in [0.15, 0.2) is 28.9 Å². The molecule has 0 bridgehead atoms. The van der Waals surface area contributed by atoms with Crippen LogP contribution in [0.5, 0.6) is 0 Å². The van der Waals surface area contributed by atoms with E-state index in [4.69, 9.17) is 0 Å². The molecule has 2 aromatic rings. The second-order valence-corrected chi connectivity index (χ2v) is 4.26. The third-order valence-electron chi connectivity index (χ3n) is 2.98. The van der Waals surface area contributed by atoms with Crippen molar-refractivity contribution in [3.05, 3.63) is 46.8 Å². The van der Waals surface area contributed by atoms with Gasteiger partial charge in [0.1, 0.15) is 11.4 Å². The lowest BCUT2D eigenvalue weighted by Gasteiger charge is -2.15. The lowest BCUT2D eigenvalue weighted by Crippen LogP contribution is -2.19. The highest BCUT2D eigenvalue weighted by molar-refractivity contribution is 5.28. The number of hydrogen-bond donors (Lipinski definition) is 1. The average molecular weight is 231 g/mol. The van der Waals surface area contributed by atoms with E-state index in [1.165, 1.54) is 11.1 Å². The van der Waals surface area contributed by atoms with Crippen LogP contribution < -0.4 is 5.32 Å². The molecule has 0 fully saturated rings. The summed E-state index contributed by atoms with van der Waals surface area (Å²) in [6.07, 6.45) is 0. The smallest absolute Gasteiger partial charge is 0.121 e. The van der Waals surface area contributed by atoms with E-state index < -0.39 is 0 Å². The van der Waals surface area contributed by atoms with E-state index >= 15 is 0 Å². The van der Waals surface area contributed by atoms with Gasteiger partial charge in [-0.15, -0.1) is 0 Å². The van der Waals surface area contributed by atoms with Crippen LogP contribution in [0, 0.1) is 13.8 Å². The molecule has 1 heterocycles. The van der Waals surface area contributed by atoms with Crippen LogP contribution in [0.2, 0.25) is 0 Å². The molecule has 4 nitrogen and oxygen atoms in total. The summed E-state index contributed by atoms with van der Waals surface area (Å²) < 4.78 is 4.67. The Labute approximate surface area is 101 Å². The summed E-state index contributed by atoms with van der Waals surface area (Å²) in [6.45, 7) is 6.83. The van der Waals surface area contributed by atoms with E-state index in [0.717, 1.165) is 11.4 Å². The maximum atomic E-state index is 4.67. The van der Waals surface area contributed by atoms with Crippen molar-refractivity contribution in [2.24, 2.45) is 0 Å². The standard InChI is InChI=1S/C13H17N3O/c1-9-6-4-5-7-12(9)10(2)14-8-13-11(3)15-17-16-13/h4-7,10,14H,8H2,1-3H3/t10-/m1/s1. The molecule has 2 rings (SSSR count). The van der Waals surface area contributed by atoms with Crippen LogP contribution in [0.3, 0.4) is 0 Å². The Morgan fingerprint density at radius 2 is 2.00 bits per heavy atom. The van der Waals surface area contributed by atoms with Gasteiger partial charge in [-0.1, -0.05) is 34.6 Å². The molecule has 1 aromatic heterocycles. The van der Waals surface area contributed by atoms with Crippen molar-refractivity contribution < 1.29 is 4.63 Å². The van der Waals surface area contributed by atoms with Crippen molar-refractivity contribution in [3.8, 4) is 0 Å². The first-order valence-corrected chi connectivity index (χ1v) is 5.75. The van der Waals surface area contributed by atoms with Crippen molar-refractivity contribution in [2.75, 3.05) is 0 Å². The molecule has 90 valence electrons. The summed E-state index contributed by atoms with van der Waals surface area (Å²) in [5.74, 6) is 0. The number of aryl methyl sites for hydroxylation is 2. The molecular weight excluding hydrogens is 214 g/mol. The number of benzene rings is 1. The van der Waals surface area contributed by atoms with Gasteiger partial charge in [0, 0.05) is 12.6 Å². The zero-order valence-corrected chi connectivity index (χ0v) is 10.4. The molecule has 0 saturated carbocycles. The summed E-state index contributed by atoms with van der Waals surface area (Å²) in [5.41, 5.74) is 4.31. The van der Waals surface area contributed by atoms with Crippen LogP contribution in [0.1, 0.15) is 35.5 Å². The molecule has 0 unspecified atom stereocenters. The minimum Gasteiger partial charge on any atom is -0.304 e. The second-order valence-electron chi connectivity index (χ2n) is 4.26. The van der Waals surface area contributed by atoms with E-state index in [2.05, 4.69) is 58.4 Å². The zero-order valence-electron chi connectivity index (χ0n) is 10.4. The fourth-order valence-electron chi connectivity index (χ4n) is 1.84. The number of aromatic nitrogens is 2. The minimum atomic E-state index is 0.285. The Morgan fingerprint density at radius 3 is 2.65 bits per heavy atom. The number of nitrogens with one attached hydrogen (secondary N) is 1. The van der Waals surface area contributed by atoms with Crippen LogP contribution >= 0.6 is 0 Å². The fraction of sp³-hybridized carbons (Fsp3) is 0.385. The van der Waals surface area contributed by atoms with Crippen molar-refractivity contribution in [3.63, 3.8) is 0 Å². The van der Waals surface area contributed by atoms with Gasteiger partial charge in [-0.3, -0.25) is 0 Å². The lowest BCUT2D eigenvalue weighted by molar-refractivity contribution is 0.300. The Morgan fingerprint density at radius 1 is 1.24 bits per heavy atom. The highest BCUT2D eigenvalue weighted by Crippen LogP contribution is 2.17. The van der Waals surface area contributed by atoms with Gasteiger partial charge in [-0.05, 0) is 31.9 Å². The number of nitrogens with zero attached hydrogens (tertiary/aromatic N) is 2. The van der Waals surface area contributed by atoms with Crippen LogP contribution in [-0.4, -0.2) is 10.3 Å². The predicted octanol–water partition coefficient (Wildman–Crippen LogP) is 2.54. The van der Waals surface area contributed by atoms with Crippen LogP contribution in [0.4, 0.5) is 0 Å². The molecule has 17 heavy (non-hydrogen) atoms. The molecular formula is C13H17N3O. The van der Waals surface area contributed by atoms with Gasteiger partial charge in [0.15, 0.2) is 0 Å². The van der Waals surface area contributed by atoms with Gasteiger partial charge >= 0.3 is 0 Å². The molecule has 0 saturated heterocycles. The molecule has 0 radical (unpaired) electrons. The number of rotatable bonds is 4. The Kier molecular flexibility index (Phi) is 3.54. The molecule has 1 atom stereocenters. The number of hydrogen-bond acceptors (Lipinski definition) is 4. The van der Waals surface area contributed by atoms with Gasteiger partial charge in [0.05, 0.1) is 0 Å². The van der Waals surface area contributed by atoms with Crippen molar-refractivity contribution in [1.29, 1.82) is 0 Å². The van der Waals surface area contributed by atoms with Crippen molar-refractivity contribution in [1.82, 2.24) is 15.6 Å². The van der Waals surface area contributed by atoms with Gasteiger partial charge in [-0.25, -0.2) is 4.63 Å². The summed E-state index contributed by atoms with van der Waals surface area (Å²) in [7, 11) is 0. The first kappa shape index (κ1) is 11.8. The Bertz CT molecular complexity index is 493. The highest BCUT2D eigenvalue weighted by Gasteiger charge is 2.10. The average Bonchev–Trinajstić information content (AvgIpc) is 2.72. The van der Waals surface area contributed by atoms with Gasteiger partial charge in [0.2, 0.25) is 0 Å². The third-order valence-corrected chi connectivity index (χ3v) is 2.98. The zero-order chi connectivity index (χ0) is 12.3. The minimum absolute atomic E-state index is 0.285. The summed E-state index contributed by atoms with van der Waals surface area (Å²) in [6, 6.07) is 8.66. The SMILES string of the molecule is Cc1ccccc1[C@@H](C)NCc1nonc1C. The summed E-state index contributed by atoms with van der Waals surface area (Å²) in [4.78, 5) is 0. The molecule has 1 aromatic carbocycles. The largest absolute Gasteiger partial charge is 0.304 e. The Balaban J connectivity index is 2.01. The van der Waals surface area contributed by atoms with Gasteiger partial charge in [0.25, 0.3) is 0 Å². The van der Waals surface area contributed by atoms with Crippen LogP contribution in [0.25, 0.3) is 0 Å². The van der Waals surface area contributed by atoms with Crippen LogP contribution in [-0.2, 0) is 6.54 Å². The maximum absolute atomic E-state index is 4.67. The molecule has 0 amide bonds. The first-order valence-electron chi connectivity index (χ1n) is 5.75. The van der Waals surface area contributed by atoms with E-state index in [-0.39, 0.29) is 6.04 Å². The topological polar surface area (TPSA) is 51.0 Å². The quantitative estimate of drug-likeness (QED) is 0.878. The fourth-order valence-corrected chi connectivity index (χ4v) is 1.84. The molecule has 0 aliphatic rings. The summed E-state index contributed by atoms with van der Waals surface area (Å²) >= 11 is 0. The molecule has 0 aliphatic heterocycles. The third kappa shape index (κ3) is 2.71. The monoisotopic (exact) mass is 231 g/mol. The van der Waals surface area contributed by atoms with E-state index in [1.807, 2.05) is 6.92 Å². The van der Waals surface area contributed by atoms with Gasteiger partial charge in [-0.2, -0.15) is 0 Å². The molecule has 4 heteroatoms. The van der Waals surface area contributed by atoms with E-state index in [0.29, 0.717) is 6.54 Å². The van der Waals surface area contributed by atoms with E-state index in [1.54, 1.807) is 0 Å². The van der Waals surface area contributed by atoms with Crippen molar-refractivity contribution >= 4 is 0 Å². The maximum Gasteiger partial charge on any atom is 0.121 e. The van der Waals surface area contributed by atoms with Crippen molar-refractivity contribution in [2.45, 2.75) is 33.4 Å². The second kappa shape index (κ2) is 5.10. The highest BCUT2D eigenvalue weighted by atomic mass is 16.6. The normalized spacial score (nSPS) is 12.6. The first-order chi connectivity index (χ1) is 8.18. The van der Waals surface area contributed by atoms with Gasteiger partial charge < -0.3 is 5.32 Å². The molecule has 0 aliphatic carbocycles. The molecule has 0 spiro atoms. The van der Waals surface area contributed by atoms with E-state index in [9.17, 15) is 0 Å². The summed E-state index contributed by atoms with van der Waals surface area (Å²) in [5, 5.41) is 11.0. The predicted molar refractivity (Wildman–Crippen MR) is 65.5 cm³/mol. The molecule has 1 N–H and O–H groups in total.